The van der Waals surface area contributed by atoms with Gasteiger partial charge in [0, 0.05) is 18.5 Å². The first-order valence-electron chi connectivity index (χ1n) is 6.03. The molecule has 94 valence electrons. The third kappa shape index (κ3) is 3.34. The van der Waals surface area contributed by atoms with E-state index in [0.29, 0.717) is 6.54 Å². The second kappa shape index (κ2) is 6.03. The van der Waals surface area contributed by atoms with E-state index in [2.05, 4.69) is 49.2 Å². The number of benzene rings is 1. The molecule has 1 heterocycles. The molecule has 0 bridgehead atoms. The molecule has 2 N–H and O–H groups in total. The van der Waals surface area contributed by atoms with E-state index in [1.807, 2.05) is 6.20 Å². The fourth-order valence-corrected chi connectivity index (χ4v) is 2.73. The first kappa shape index (κ1) is 13.1. The van der Waals surface area contributed by atoms with Gasteiger partial charge in [0.25, 0.3) is 0 Å². The molecule has 18 heavy (non-hydrogen) atoms. The van der Waals surface area contributed by atoms with Crippen LogP contribution in [0.15, 0.2) is 41.6 Å². The van der Waals surface area contributed by atoms with Crippen molar-refractivity contribution in [3.05, 3.63) is 58.8 Å². The molecule has 2 aromatic rings. The van der Waals surface area contributed by atoms with Gasteiger partial charge in [-0.25, -0.2) is 4.98 Å². The van der Waals surface area contributed by atoms with Gasteiger partial charge in [-0.05, 0) is 30.5 Å². The lowest BCUT2D eigenvalue weighted by Gasteiger charge is -2.07. The van der Waals surface area contributed by atoms with Gasteiger partial charge in [0.2, 0.25) is 0 Å². The van der Waals surface area contributed by atoms with Crippen LogP contribution in [0.3, 0.4) is 0 Å². The Bertz CT molecular complexity index is 538. The molecule has 0 radical (unpaired) electrons. The number of nitrogens with two attached hydrogens (primary N) is 1. The summed E-state index contributed by atoms with van der Waals surface area (Å²) in [6.45, 7) is 4.76. The average Bonchev–Trinajstić information content (AvgIpc) is 2.37. The van der Waals surface area contributed by atoms with E-state index in [1.54, 1.807) is 11.8 Å². The van der Waals surface area contributed by atoms with Crippen molar-refractivity contribution in [1.82, 2.24) is 4.98 Å². The van der Waals surface area contributed by atoms with Crippen LogP contribution in [0.5, 0.6) is 0 Å². The monoisotopic (exact) mass is 258 g/mol. The summed E-state index contributed by atoms with van der Waals surface area (Å²) in [5.41, 5.74) is 10.5. The van der Waals surface area contributed by atoms with Crippen molar-refractivity contribution in [3.8, 4) is 0 Å². The minimum atomic E-state index is 0.552. The highest BCUT2D eigenvalue weighted by Gasteiger charge is 2.03. The highest BCUT2D eigenvalue weighted by atomic mass is 32.2. The SMILES string of the molecule is Cc1cccc(CSc2ncc(CN)cc2C)c1. The van der Waals surface area contributed by atoms with Gasteiger partial charge in [0.15, 0.2) is 0 Å². The summed E-state index contributed by atoms with van der Waals surface area (Å²) in [6.07, 6.45) is 1.87. The molecule has 2 nitrogen and oxygen atoms in total. The predicted molar refractivity (Wildman–Crippen MR) is 77.6 cm³/mol. The van der Waals surface area contributed by atoms with Gasteiger partial charge in [-0.1, -0.05) is 35.9 Å². The van der Waals surface area contributed by atoms with Crippen LogP contribution in [0.25, 0.3) is 0 Å². The zero-order valence-corrected chi connectivity index (χ0v) is 11.6. The largest absolute Gasteiger partial charge is 0.326 e. The maximum absolute atomic E-state index is 5.60. The molecule has 1 aromatic heterocycles. The number of hydrogen-bond acceptors (Lipinski definition) is 3. The van der Waals surface area contributed by atoms with Crippen LogP contribution < -0.4 is 5.73 Å². The summed E-state index contributed by atoms with van der Waals surface area (Å²) < 4.78 is 0. The summed E-state index contributed by atoms with van der Waals surface area (Å²) in [4.78, 5) is 4.47. The predicted octanol–water partition coefficient (Wildman–Crippen LogP) is 3.45. The highest BCUT2D eigenvalue weighted by Crippen LogP contribution is 2.24. The summed E-state index contributed by atoms with van der Waals surface area (Å²) in [6, 6.07) is 10.7. The second-order valence-corrected chi connectivity index (χ2v) is 5.41. The Balaban J connectivity index is 2.06. The molecular formula is C15H18N2S. The summed E-state index contributed by atoms with van der Waals surface area (Å²) in [5.74, 6) is 0.956. The second-order valence-electron chi connectivity index (χ2n) is 4.45. The molecule has 0 unspecified atom stereocenters. The first-order valence-corrected chi connectivity index (χ1v) is 7.01. The fraction of sp³-hybridized carbons (Fsp3) is 0.267. The lowest BCUT2D eigenvalue weighted by molar-refractivity contribution is 0.988. The first-order chi connectivity index (χ1) is 8.69. The van der Waals surface area contributed by atoms with Crippen molar-refractivity contribution < 1.29 is 0 Å². The molecule has 2 rings (SSSR count). The fourth-order valence-electron chi connectivity index (χ4n) is 1.84. The normalized spacial score (nSPS) is 10.6. The molecule has 0 aliphatic carbocycles. The lowest BCUT2D eigenvalue weighted by atomic mass is 10.2. The number of rotatable bonds is 4. The van der Waals surface area contributed by atoms with Gasteiger partial charge < -0.3 is 5.73 Å². The van der Waals surface area contributed by atoms with Crippen molar-refractivity contribution in [2.75, 3.05) is 0 Å². The topological polar surface area (TPSA) is 38.9 Å². The van der Waals surface area contributed by atoms with Gasteiger partial charge in [0.1, 0.15) is 0 Å². The molecule has 3 heteroatoms. The molecule has 0 aliphatic rings. The van der Waals surface area contributed by atoms with Gasteiger partial charge in [0.05, 0.1) is 5.03 Å². The van der Waals surface area contributed by atoms with Crippen LogP contribution in [0.2, 0.25) is 0 Å². The average molecular weight is 258 g/mol. The van der Waals surface area contributed by atoms with Gasteiger partial charge in [-0.3, -0.25) is 0 Å². The Morgan fingerprint density at radius 3 is 2.67 bits per heavy atom. The number of nitrogens with zero attached hydrogens (tertiary/aromatic N) is 1. The zero-order chi connectivity index (χ0) is 13.0. The molecule has 1 aromatic carbocycles. The maximum Gasteiger partial charge on any atom is 0.0992 e. The molecule has 0 atom stereocenters. The number of aryl methyl sites for hydroxylation is 2. The van der Waals surface area contributed by atoms with E-state index in [1.165, 1.54) is 16.7 Å². The van der Waals surface area contributed by atoms with E-state index in [4.69, 9.17) is 5.73 Å². The Kier molecular flexibility index (Phi) is 4.39. The maximum atomic E-state index is 5.60. The van der Waals surface area contributed by atoms with Crippen LogP contribution in [0.4, 0.5) is 0 Å². The molecule has 0 saturated heterocycles. The third-order valence-corrected chi connectivity index (χ3v) is 3.96. The molecule has 0 spiro atoms. The standard InChI is InChI=1S/C15H18N2S/c1-11-4-3-5-13(6-11)10-18-15-12(2)7-14(8-16)9-17-15/h3-7,9H,8,10,16H2,1-2H3. The van der Waals surface area contributed by atoms with Gasteiger partial charge >= 0.3 is 0 Å². The smallest absolute Gasteiger partial charge is 0.0992 e. The van der Waals surface area contributed by atoms with Crippen LogP contribution in [0.1, 0.15) is 22.3 Å². The quantitative estimate of drug-likeness (QED) is 0.854. The van der Waals surface area contributed by atoms with Crippen LogP contribution >= 0.6 is 11.8 Å². The Morgan fingerprint density at radius 1 is 1.17 bits per heavy atom. The van der Waals surface area contributed by atoms with Crippen molar-refractivity contribution in [2.45, 2.75) is 31.2 Å². The molecule has 0 aliphatic heterocycles. The minimum Gasteiger partial charge on any atom is -0.326 e. The Hall–Kier alpha value is -1.32. The Morgan fingerprint density at radius 2 is 2.00 bits per heavy atom. The van der Waals surface area contributed by atoms with Gasteiger partial charge in [-0.2, -0.15) is 0 Å². The van der Waals surface area contributed by atoms with E-state index in [-0.39, 0.29) is 0 Å². The summed E-state index contributed by atoms with van der Waals surface area (Å²) in [5, 5.41) is 1.09. The summed E-state index contributed by atoms with van der Waals surface area (Å²) in [7, 11) is 0. The number of aromatic nitrogens is 1. The molecular weight excluding hydrogens is 240 g/mol. The van der Waals surface area contributed by atoms with Crippen molar-refractivity contribution >= 4 is 11.8 Å². The van der Waals surface area contributed by atoms with Crippen LogP contribution in [-0.4, -0.2) is 4.98 Å². The molecule has 0 fully saturated rings. The van der Waals surface area contributed by atoms with E-state index in [9.17, 15) is 0 Å². The van der Waals surface area contributed by atoms with Crippen molar-refractivity contribution in [1.29, 1.82) is 0 Å². The van der Waals surface area contributed by atoms with Crippen molar-refractivity contribution in [3.63, 3.8) is 0 Å². The summed E-state index contributed by atoms with van der Waals surface area (Å²) >= 11 is 1.78. The number of thioether (sulfide) groups is 1. The van der Waals surface area contributed by atoms with E-state index in [0.717, 1.165) is 16.3 Å². The highest BCUT2D eigenvalue weighted by molar-refractivity contribution is 7.98. The van der Waals surface area contributed by atoms with Crippen LogP contribution in [-0.2, 0) is 12.3 Å². The number of pyridine rings is 1. The van der Waals surface area contributed by atoms with Crippen molar-refractivity contribution in [2.24, 2.45) is 5.73 Å². The van der Waals surface area contributed by atoms with E-state index < -0.39 is 0 Å². The van der Waals surface area contributed by atoms with E-state index >= 15 is 0 Å². The molecule has 0 saturated carbocycles. The molecule has 0 amide bonds. The van der Waals surface area contributed by atoms with Gasteiger partial charge in [-0.15, -0.1) is 11.8 Å². The number of hydrogen-bond donors (Lipinski definition) is 1. The third-order valence-electron chi connectivity index (χ3n) is 2.78. The lowest BCUT2D eigenvalue weighted by Crippen LogP contribution is -1.98. The van der Waals surface area contributed by atoms with Crippen LogP contribution in [0, 0.1) is 13.8 Å². The zero-order valence-electron chi connectivity index (χ0n) is 10.8. The minimum absolute atomic E-state index is 0.552. The Labute approximate surface area is 113 Å².